The van der Waals surface area contributed by atoms with Crippen molar-refractivity contribution in [3.63, 3.8) is 0 Å². The van der Waals surface area contributed by atoms with Crippen LogP contribution >= 0.6 is 11.6 Å². The molecule has 0 bridgehead atoms. The fraction of sp³-hybridized carbons (Fsp3) is 0.0833. The highest BCUT2D eigenvalue weighted by atomic mass is 35.5. The van der Waals surface area contributed by atoms with Gasteiger partial charge in [-0.1, -0.05) is 12.1 Å². The maximum Gasteiger partial charge on any atom is 0.222 e. The van der Waals surface area contributed by atoms with Crippen LogP contribution in [0, 0.1) is 11.3 Å². The van der Waals surface area contributed by atoms with Crippen molar-refractivity contribution in [3.05, 3.63) is 58.6 Å². The molecule has 0 spiro atoms. The molecule has 0 saturated heterocycles. The molecule has 0 saturated carbocycles. The van der Waals surface area contributed by atoms with Crippen LogP contribution in [0.15, 0.2) is 36.5 Å². The first-order valence-corrected chi connectivity index (χ1v) is 5.25. The quantitative estimate of drug-likeness (QED) is 0.823. The Kier molecular flexibility index (Phi) is 3.33. The van der Waals surface area contributed by atoms with Crippen LogP contribution < -0.4 is 0 Å². The minimum atomic E-state index is -0.913. The van der Waals surface area contributed by atoms with Crippen LogP contribution in [0.3, 0.4) is 0 Å². The normalized spacial score (nSPS) is 11.8. The van der Waals surface area contributed by atoms with Gasteiger partial charge in [-0.3, -0.25) is 0 Å². The highest BCUT2D eigenvalue weighted by Gasteiger charge is 2.12. The Hall–Kier alpha value is -1.96. The molecular weight excluding hydrogens is 238 g/mol. The van der Waals surface area contributed by atoms with Gasteiger partial charge >= 0.3 is 0 Å². The van der Waals surface area contributed by atoms with Crippen LogP contribution in [0.25, 0.3) is 0 Å². The molecule has 1 heterocycles. The van der Waals surface area contributed by atoms with Gasteiger partial charge in [-0.15, -0.1) is 0 Å². The first kappa shape index (κ1) is 11.5. The molecule has 84 valence electrons. The lowest BCUT2D eigenvalue weighted by Crippen LogP contribution is -2.03. The zero-order valence-corrected chi connectivity index (χ0v) is 9.46. The SMILES string of the molecule is N#Cc1cccc(C(O)c2ccnc(Cl)n2)c1. The molecule has 0 radical (unpaired) electrons. The van der Waals surface area contributed by atoms with E-state index in [-0.39, 0.29) is 5.28 Å². The first-order valence-electron chi connectivity index (χ1n) is 4.87. The van der Waals surface area contributed by atoms with Gasteiger partial charge in [0.1, 0.15) is 6.10 Å². The van der Waals surface area contributed by atoms with Gasteiger partial charge in [-0.2, -0.15) is 5.26 Å². The Morgan fingerprint density at radius 2 is 2.18 bits per heavy atom. The molecule has 4 nitrogen and oxygen atoms in total. The third-order valence-electron chi connectivity index (χ3n) is 2.26. The molecule has 1 aromatic heterocycles. The number of aromatic nitrogens is 2. The van der Waals surface area contributed by atoms with Crippen molar-refractivity contribution in [1.29, 1.82) is 5.26 Å². The van der Waals surface area contributed by atoms with Crippen LogP contribution in [0.2, 0.25) is 5.28 Å². The average Bonchev–Trinajstić information content (AvgIpc) is 2.38. The molecule has 2 rings (SSSR count). The van der Waals surface area contributed by atoms with E-state index in [4.69, 9.17) is 16.9 Å². The summed E-state index contributed by atoms with van der Waals surface area (Å²) in [5, 5.41) is 18.9. The summed E-state index contributed by atoms with van der Waals surface area (Å²) < 4.78 is 0. The molecule has 0 fully saturated rings. The van der Waals surface area contributed by atoms with E-state index in [0.29, 0.717) is 16.8 Å². The summed E-state index contributed by atoms with van der Waals surface area (Å²) in [7, 11) is 0. The maximum atomic E-state index is 10.1. The molecule has 1 atom stereocenters. The largest absolute Gasteiger partial charge is 0.382 e. The van der Waals surface area contributed by atoms with E-state index in [2.05, 4.69) is 9.97 Å². The first-order chi connectivity index (χ1) is 8.20. The van der Waals surface area contributed by atoms with Gasteiger partial charge in [0.15, 0.2) is 0 Å². The van der Waals surface area contributed by atoms with Crippen LogP contribution in [-0.2, 0) is 0 Å². The Balaban J connectivity index is 2.37. The van der Waals surface area contributed by atoms with Crippen LogP contribution in [0.1, 0.15) is 22.9 Å². The second kappa shape index (κ2) is 4.91. The van der Waals surface area contributed by atoms with Crippen LogP contribution in [0.4, 0.5) is 0 Å². The van der Waals surface area contributed by atoms with E-state index in [0.717, 1.165) is 0 Å². The van der Waals surface area contributed by atoms with E-state index < -0.39 is 6.10 Å². The second-order valence-electron chi connectivity index (χ2n) is 3.39. The Labute approximate surface area is 103 Å². The van der Waals surface area contributed by atoms with Gasteiger partial charge in [0, 0.05) is 6.20 Å². The predicted molar refractivity (Wildman–Crippen MR) is 62.3 cm³/mol. The molecule has 5 heteroatoms. The monoisotopic (exact) mass is 245 g/mol. The zero-order chi connectivity index (χ0) is 12.3. The minimum Gasteiger partial charge on any atom is -0.382 e. The molecule has 0 aliphatic carbocycles. The molecule has 1 aromatic carbocycles. The smallest absolute Gasteiger partial charge is 0.222 e. The maximum absolute atomic E-state index is 10.1. The average molecular weight is 246 g/mol. The molecule has 17 heavy (non-hydrogen) atoms. The van der Waals surface area contributed by atoms with E-state index >= 15 is 0 Å². The highest BCUT2D eigenvalue weighted by molar-refractivity contribution is 6.28. The molecule has 0 amide bonds. The molecule has 1 N–H and O–H groups in total. The highest BCUT2D eigenvalue weighted by Crippen LogP contribution is 2.21. The summed E-state index contributed by atoms with van der Waals surface area (Å²) >= 11 is 5.65. The molecular formula is C12H8ClN3O. The van der Waals surface area contributed by atoms with Crippen molar-refractivity contribution in [1.82, 2.24) is 9.97 Å². The standard InChI is InChI=1S/C12H8ClN3O/c13-12-15-5-4-10(16-12)11(17)9-3-1-2-8(6-9)7-14/h1-6,11,17H. The fourth-order valence-electron chi connectivity index (χ4n) is 1.45. The third kappa shape index (κ3) is 2.59. The minimum absolute atomic E-state index is 0.0815. The van der Waals surface area contributed by atoms with Crippen molar-refractivity contribution < 1.29 is 5.11 Å². The number of aliphatic hydroxyl groups is 1. The molecule has 0 aliphatic heterocycles. The van der Waals surface area contributed by atoms with Crippen LogP contribution in [0.5, 0.6) is 0 Å². The summed E-state index contributed by atoms with van der Waals surface area (Å²) in [5.41, 5.74) is 1.49. The van der Waals surface area contributed by atoms with Crippen molar-refractivity contribution >= 4 is 11.6 Å². The summed E-state index contributed by atoms with van der Waals surface area (Å²) in [6, 6.07) is 10.3. The molecule has 2 aromatic rings. The number of hydrogen-bond acceptors (Lipinski definition) is 4. The lowest BCUT2D eigenvalue weighted by molar-refractivity contribution is 0.215. The van der Waals surface area contributed by atoms with E-state index in [1.807, 2.05) is 6.07 Å². The summed E-state index contributed by atoms with van der Waals surface area (Å²) in [4.78, 5) is 7.67. The topological polar surface area (TPSA) is 69.8 Å². The van der Waals surface area contributed by atoms with Gasteiger partial charge in [0.2, 0.25) is 5.28 Å². The second-order valence-corrected chi connectivity index (χ2v) is 3.73. The van der Waals surface area contributed by atoms with Crippen molar-refractivity contribution in [3.8, 4) is 6.07 Å². The summed E-state index contributed by atoms with van der Waals surface area (Å²) in [6.45, 7) is 0. The van der Waals surface area contributed by atoms with Gasteiger partial charge in [0.05, 0.1) is 17.3 Å². The molecule has 0 aliphatic rings. The third-order valence-corrected chi connectivity index (χ3v) is 2.44. The number of nitrogens with zero attached hydrogens (tertiary/aromatic N) is 3. The predicted octanol–water partition coefficient (Wildman–Crippen LogP) is 2.08. The van der Waals surface area contributed by atoms with Gasteiger partial charge < -0.3 is 5.11 Å². The zero-order valence-electron chi connectivity index (χ0n) is 8.71. The summed E-state index contributed by atoms with van der Waals surface area (Å²) in [5.74, 6) is 0. The van der Waals surface area contributed by atoms with Gasteiger partial charge in [-0.25, -0.2) is 9.97 Å². The lowest BCUT2D eigenvalue weighted by atomic mass is 10.0. The molecule has 1 unspecified atom stereocenters. The lowest BCUT2D eigenvalue weighted by Gasteiger charge is -2.10. The van der Waals surface area contributed by atoms with Crippen molar-refractivity contribution in [2.24, 2.45) is 0 Å². The Morgan fingerprint density at radius 3 is 2.88 bits per heavy atom. The fourth-order valence-corrected chi connectivity index (χ4v) is 1.60. The number of hydrogen-bond donors (Lipinski definition) is 1. The van der Waals surface area contributed by atoms with Crippen molar-refractivity contribution in [2.45, 2.75) is 6.10 Å². The number of benzene rings is 1. The van der Waals surface area contributed by atoms with Gasteiger partial charge in [0.25, 0.3) is 0 Å². The van der Waals surface area contributed by atoms with Crippen molar-refractivity contribution in [2.75, 3.05) is 0 Å². The number of halogens is 1. The Morgan fingerprint density at radius 1 is 1.35 bits per heavy atom. The summed E-state index contributed by atoms with van der Waals surface area (Å²) in [6.07, 6.45) is 0.561. The van der Waals surface area contributed by atoms with Gasteiger partial charge in [-0.05, 0) is 35.4 Å². The Bertz CT molecular complexity index is 580. The van der Waals surface area contributed by atoms with E-state index in [9.17, 15) is 5.11 Å². The number of rotatable bonds is 2. The number of nitriles is 1. The number of aliphatic hydroxyl groups excluding tert-OH is 1. The van der Waals surface area contributed by atoms with E-state index in [1.165, 1.54) is 6.20 Å². The van der Waals surface area contributed by atoms with Crippen LogP contribution in [-0.4, -0.2) is 15.1 Å². The van der Waals surface area contributed by atoms with E-state index in [1.54, 1.807) is 30.3 Å².